The Labute approximate surface area is 177 Å². The summed E-state index contributed by atoms with van der Waals surface area (Å²) in [6.07, 6.45) is 0.496. The molecule has 0 unspecified atom stereocenters. The number of likely N-dealkylation sites (N-methyl/N-ethyl adjacent to an activating group) is 1. The van der Waals surface area contributed by atoms with Crippen molar-refractivity contribution < 1.29 is 13.2 Å². The molecule has 7 heteroatoms. The van der Waals surface area contributed by atoms with Crippen LogP contribution >= 0.6 is 23.2 Å². The third-order valence-corrected chi connectivity index (χ3v) is 7.41. The maximum atomic E-state index is 12.5. The van der Waals surface area contributed by atoms with E-state index < -0.39 is 9.84 Å². The largest absolute Gasteiger partial charge is 0.382 e. The molecule has 0 fully saturated rings. The first kappa shape index (κ1) is 21.6. The minimum absolute atomic E-state index is 0.0898. The molecular weight excluding hydrogens is 417 g/mol. The van der Waals surface area contributed by atoms with Crippen molar-refractivity contribution in [1.82, 2.24) is 4.90 Å². The van der Waals surface area contributed by atoms with Crippen LogP contribution in [0, 0.1) is 0 Å². The highest BCUT2D eigenvalue weighted by Crippen LogP contribution is 2.38. The van der Waals surface area contributed by atoms with Crippen molar-refractivity contribution in [3.05, 3.63) is 63.1 Å². The number of ether oxygens (including phenoxy) is 1. The molecule has 0 amide bonds. The van der Waals surface area contributed by atoms with Crippen LogP contribution in [0.5, 0.6) is 0 Å². The van der Waals surface area contributed by atoms with Gasteiger partial charge in [0.2, 0.25) is 0 Å². The molecule has 1 atom stereocenters. The highest BCUT2D eigenvalue weighted by molar-refractivity contribution is 7.91. The maximum Gasteiger partial charge on any atom is 0.178 e. The fraction of sp³-hybridized carbons (Fsp3) is 0.429. The van der Waals surface area contributed by atoms with E-state index in [2.05, 4.69) is 11.9 Å². The van der Waals surface area contributed by atoms with E-state index in [0.717, 1.165) is 29.8 Å². The number of halogens is 2. The second kappa shape index (κ2) is 9.14. The average molecular weight is 442 g/mol. The summed E-state index contributed by atoms with van der Waals surface area (Å²) in [5, 5.41) is 1.29. The topological polar surface area (TPSA) is 46.6 Å². The van der Waals surface area contributed by atoms with Crippen molar-refractivity contribution in [2.45, 2.75) is 30.7 Å². The number of hydrogen-bond acceptors (Lipinski definition) is 4. The molecular formula is C21H25Cl2NO3S. The van der Waals surface area contributed by atoms with Gasteiger partial charge in [0, 0.05) is 42.3 Å². The molecule has 1 heterocycles. The van der Waals surface area contributed by atoms with Gasteiger partial charge in [-0.1, -0.05) is 35.3 Å². The van der Waals surface area contributed by atoms with Crippen molar-refractivity contribution in [3.8, 4) is 0 Å². The number of rotatable bonds is 7. The Balaban J connectivity index is 1.84. The quantitative estimate of drug-likeness (QED) is 0.580. The molecule has 0 bridgehead atoms. The number of hydrogen-bond donors (Lipinski definition) is 0. The first-order valence-electron chi connectivity index (χ1n) is 9.38. The number of nitrogens with zero attached hydrogens (tertiary/aromatic N) is 1. The fourth-order valence-electron chi connectivity index (χ4n) is 3.65. The van der Waals surface area contributed by atoms with Gasteiger partial charge < -0.3 is 9.64 Å². The van der Waals surface area contributed by atoms with Gasteiger partial charge in [0.25, 0.3) is 0 Å². The molecule has 28 heavy (non-hydrogen) atoms. The summed E-state index contributed by atoms with van der Waals surface area (Å²) in [5.74, 6) is 0.187. The van der Waals surface area contributed by atoms with Crippen LogP contribution in [0.3, 0.4) is 0 Å². The van der Waals surface area contributed by atoms with Crippen molar-refractivity contribution in [1.29, 1.82) is 0 Å². The lowest BCUT2D eigenvalue weighted by Gasteiger charge is -2.33. The molecule has 0 aliphatic carbocycles. The van der Waals surface area contributed by atoms with Gasteiger partial charge in [-0.25, -0.2) is 8.42 Å². The second-order valence-electron chi connectivity index (χ2n) is 7.14. The van der Waals surface area contributed by atoms with Crippen molar-refractivity contribution in [2.75, 3.05) is 32.6 Å². The zero-order valence-corrected chi connectivity index (χ0v) is 18.4. The Morgan fingerprint density at radius 1 is 1.18 bits per heavy atom. The minimum atomic E-state index is -3.31. The molecule has 1 aliphatic heterocycles. The summed E-state index contributed by atoms with van der Waals surface area (Å²) in [6, 6.07) is 10.9. The van der Waals surface area contributed by atoms with Crippen LogP contribution in [0.25, 0.3) is 0 Å². The van der Waals surface area contributed by atoms with Crippen molar-refractivity contribution in [2.24, 2.45) is 0 Å². The molecule has 2 aromatic rings. The SMILES string of the molecule is CCOCCCS(=O)(=O)c1ccc([C@H]2CN(C)Cc3c(Cl)cc(Cl)cc32)cc1. The summed E-state index contributed by atoms with van der Waals surface area (Å²) in [4.78, 5) is 2.56. The summed E-state index contributed by atoms with van der Waals surface area (Å²) < 4.78 is 30.3. The highest BCUT2D eigenvalue weighted by atomic mass is 35.5. The Kier molecular flexibility index (Phi) is 7.05. The monoisotopic (exact) mass is 441 g/mol. The summed E-state index contributed by atoms with van der Waals surface area (Å²) in [5.41, 5.74) is 3.25. The second-order valence-corrected chi connectivity index (χ2v) is 10.1. The first-order chi connectivity index (χ1) is 13.3. The molecule has 2 aromatic carbocycles. The van der Waals surface area contributed by atoms with Gasteiger partial charge in [0.1, 0.15) is 0 Å². The molecule has 1 aliphatic rings. The van der Waals surface area contributed by atoms with E-state index in [1.54, 1.807) is 18.2 Å². The van der Waals surface area contributed by atoms with E-state index in [0.29, 0.717) is 34.6 Å². The van der Waals surface area contributed by atoms with Crippen LogP contribution in [0.15, 0.2) is 41.3 Å². The van der Waals surface area contributed by atoms with Crippen molar-refractivity contribution in [3.63, 3.8) is 0 Å². The average Bonchev–Trinajstić information content (AvgIpc) is 2.65. The number of sulfone groups is 1. The summed E-state index contributed by atoms with van der Waals surface area (Å²) in [6.45, 7) is 4.55. The molecule has 0 saturated carbocycles. The molecule has 0 N–H and O–H groups in total. The summed E-state index contributed by atoms with van der Waals surface area (Å²) in [7, 11) is -1.25. The first-order valence-corrected chi connectivity index (χ1v) is 11.8. The number of benzene rings is 2. The number of fused-ring (bicyclic) bond motifs is 1. The standard InChI is InChI=1S/C21H25Cl2NO3S/c1-3-27-9-4-10-28(25,26)17-7-5-15(6-8-17)19-13-24(2)14-20-18(19)11-16(22)12-21(20)23/h5-8,11-12,19H,3-4,9-10,13-14H2,1-2H3/t19-/m1/s1. The molecule has 152 valence electrons. The van der Waals surface area contributed by atoms with Crippen molar-refractivity contribution >= 4 is 33.0 Å². The zero-order chi connectivity index (χ0) is 20.3. The third kappa shape index (κ3) is 4.89. The van der Waals surface area contributed by atoms with Crippen LogP contribution in [0.2, 0.25) is 10.0 Å². The van der Waals surface area contributed by atoms with Crippen LogP contribution < -0.4 is 0 Å². The summed E-state index contributed by atoms with van der Waals surface area (Å²) >= 11 is 12.7. The molecule has 0 radical (unpaired) electrons. The van der Waals surface area contributed by atoms with Crippen LogP contribution in [-0.4, -0.2) is 45.9 Å². The van der Waals surface area contributed by atoms with E-state index in [9.17, 15) is 8.42 Å². The zero-order valence-electron chi connectivity index (χ0n) is 16.1. The van der Waals surface area contributed by atoms with E-state index in [1.807, 2.05) is 25.1 Å². The molecule has 0 saturated heterocycles. The van der Waals surface area contributed by atoms with Gasteiger partial charge in [0.15, 0.2) is 9.84 Å². The van der Waals surface area contributed by atoms with Crippen LogP contribution in [-0.2, 0) is 21.1 Å². The predicted molar refractivity (Wildman–Crippen MR) is 114 cm³/mol. The maximum absolute atomic E-state index is 12.5. The Hall–Kier alpha value is -1.11. The van der Waals surface area contributed by atoms with Crippen LogP contribution in [0.1, 0.15) is 36.0 Å². The van der Waals surface area contributed by atoms with Gasteiger partial charge in [0.05, 0.1) is 10.6 Å². The van der Waals surface area contributed by atoms with Gasteiger partial charge in [-0.15, -0.1) is 0 Å². The van der Waals surface area contributed by atoms with Crippen LogP contribution in [0.4, 0.5) is 0 Å². The lowest BCUT2D eigenvalue weighted by molar-refractivity contribution is 0.148. The minimum Gasteiger partial charge on any atom is -0.382 e. The molecule has 3 rings (SSSR count). The smallest absolute Gasteiger partial charge is 0.178 e. The third-order valence-electron chi connectivity index (χ3n) is 5.04. The highest BCUT2D eigenvalue weighted by Gasteiger charge is 2.27. The Morgan fingerprint density at radius 2 is 1.89 bits per heavy atom. The lowest BCUT2D eigenvalue weighted by atomic mass is 9.85. The molecule has 0 aromatic heterocycles. The predicted octanol–water partition coefficient (Wildman–Crippen LogP) is 4.77. The Bertz CT molecular complexity index is 929. The van der Waals surface area contributed by atoms with Gasteiger partial charge in [-0.3, -0.25) is 0 Å². The Morgan fingerprint density at radius 3 is 2.57 bits per heavy atom. The van der Waals surface area contributed by atoms with E-state index >= 15 is 0 Å². The normalized spacial score (nSPS) is 17.5. The van der Waals surface area contributed by atoms with Gasteiger partial charge >= 0.3 is 0 Å². The fourth-order valence-corrected chi connectivity index (χ4v) is 5.50. The lowest BCUT2D eigenvalue weighted by Crippen LogP contribution is -2.31. The van der Waals surface area contributed by atoms with Gasteiger partial charge in [-0.05, 0) is 61.3 Å². The van der Waals surface area contributed by atoms with E-state index in [-0.39, 0.29) is 11.7 Å². The van der Waals surface area contributed by atoms with E-state index in [1.165, 1.54) is 0 Å². The molecule has 4 nitrogen and oxygen atoms in total. The van der Waals surface area contributed by atoms with E-state index in [4.69, 9.17) is 27.9 Å². The van der Waals surface area contributed by atoms with Gasteiger partial charge in [-0.2, -0.15) is 0 Å². The molecule has 0 spiro atoms.